The second-order valence-electron chi connectivity index (χ2n) is 13.6. The van der Waals surface area contributed by atoms with Crippen LogP contribution in [0.3, 0.4) is 0 Å². The Kier molecular flexibility index (Phi) is 8.91. The molecule has 55 heavy (non-hydrogen) atoms. The van der Waals surface area contributed by atoms with Gasteiger partial charge in [-0.1, -0.05) is 158 Å². The van der Waals surface area contributed by atoms with Crippen molar-refractivity contribution in [2.75, 3.05) is 9.80 Å². The highest BCUT2D eigenvalue weighted by Crippen LogP contribution is 2.40. The van der Waals surface area contributed by atoms with E-state index in [1.54, 1.807) is 0 Å². The highest BCUT2D eigenvalue weighted by molar-refractivity contribution is 5.93. The van der Waals surface area contributed by atoms with E-state index >= 15 is 0 Å². The predicted octanol–water partition coefficient (Wildman–Crippen LogP) is 12.0. The Morgan fingerprint density at radius 2 is 0.909 bits per heavy atom. The van der Waals surface area contributed by atoms with Crippen LogP contribution in [0.5, 0.6) is 0 Å². The summed E-state index contributed by atoms with van der Waals surface area (Å²) in [4.78, 5) is 15.1. The molecule has 0 spiro atoms. The SMILES string of the molecule is C=C(/C=c1/cccc/c1=C/C)N(c1ccc2ccccc2c1)c1cc(N(c2ccc3ccccc3c2)c2ccc3ccccc3c2)nc(-c2ccccc2)n1. The lowest BCUT2D eigenvalue weighted by Gasteiger charge is -2.29. The molecule has 0 N–H and O–H groups in total. The van der Waals surface area contributed by atoms with Crippen molar-refractivity contribution >= 4 is 73.2 Å². The molecule has 0 fully saturated rings. The van der Waals surface area contributed by atoms with Crippen LogP contribution in [0, 0.1) is 0 Å². The molecular formula is C51H38N4. The molecule has 1 heterocycles. The van der Waals surface area contributed by atoms with Crippen LogP contribution in [-0.4, -0.2) is 9.97 Å². The third-order valence-corrected chi connectivity index (χ3v) is 10.1. The summed E-state index contributed by atoms with van der Waals surface area (Å²) in [5, 5.41) is 9.16. The van der Waals surface area contributed by atoms with E-state index in [4.69, 9.17) is 16.5 Å². The van der Waals surface area contributed by atoms with E-state index in [1.807, 2.05) is 18.2 Å². The molecule has 0 saturated carbocycles. The first-order valence-corrected chi connectivity index (χ1v) is 18.5. The molecule has 9 rings (SSSR count). The lowest BCUT2D eigenvalue weighted by atomic mass is 10.1. The molecule has 4 heteroatoms. The van der Waals surface area contributed by atoms with E-state index in [0.29, 0.717) is 11.6 Å². The molecule has 0 aliphatic carbocycles. The van der Waals surface area contributed by atoms with Crippen molar-refractivity contribution in [1.29, 1.82) is 0 Å². The molecule has 8 aromatic carbocycles. The maximum absolute atomic E-state index is 5.36. The second kappa shape index (κ2) is 14.6. The Morgan fingerprint density at radius 1 is 0.455 bits per heavy atom. The minimum absolute atomic E-state index is 0.612. The van der Waals surface area contributed by atoms with Crippen LogP contribution >= 0.6 is 0 Å². The summed E-state index contributed by atoms with van der Waals surface area (Å²) < 4.78 is 0. The Labute approximate surface area is 320 Å². The molecular weight excluding hydrogens is 669 g/mol. The molecule has 1 aromatic heterocycles. The number of rotatable bonds is 8. The lowest BCUT2D eigenvalue weighted by molar-refractivity contribution is 1.08. The number of benzene rings is 8. The van der Waals surface area contributed by atoms with E-state index < -0.39 is 0 Å². The average Bonchev–Trinajstić information content (AvgIpc) is 3.24. The first-order valence-electron chi connectivity index (χ1n) is 18.5. The Morgan fingerprint density at radius 3 is 1.47 bits per heavy atom. The van der Waals surface area contributed by atoms with Gasteiger partial charge in [-0.25, -0.2) is 9.97 Å². The molecule has 4 nitrogen and oxygen atoms in total. The summed E-state index contributed by atoms with van der Waals surface area (Å²) in [7, 11) is 0. The maximum atomic E-state index is 5.36. The quantitative estimate of drug-likeness (QED) is 0.157. The fourth-order valence-electron chi connectivity index (χ4n) is 7.32. The summed E-state index contributed by atoms with van der Waals surface area (Å²) in [6, 6.07) is 65.7. The number of hydrogen-bond acceptors (Lipinski definition) is 4. The van der Waals surface area contributed by atoms with Gasteiger partial charge in [-0.05, 0) is 92.2 Å². The van der Waals surface area contributed by atoms with Crippen LogP contribution in [0.15, 0.2) is 200 Å². The standard InChI is InChI=1S/C51H38N4/c1-3-37-15-7-11-21-42(37)31-36(2)54(46-28-25-38-16-8-12-22-43(38)32-46)49-35-50(53-51(52-49)41-19-5-4-6-20-41)55(47-29-26-39-17-9-13-23-44(39)33-47)48-30-27-40-18-10-14-24-45(40)34-48/h3-35H,2H2,1H3/b37-3-,42-31-. The smallest absolute Gasteiger partial charge is 0.163 e. The molecule has 0 aliphatic rings. The van der Waals surface area contributed by atoms with Gasteiger partial charge in [0.1, 0.15) is 11.6 Å². The number of anilines is 5. The highest BCUT2D eigenvalue weighted by atomic mass is 15.3. The van der Waals surface area contributed by atoms with Gasteiger partial charge in [-0.3, -0.25) is 9.80 Å². The van der Waals surface area contributed by atoms with Crippen molar-refractivity contribution in [2.45, 2.75) is 6.92 Å². The van der Waals surface area contributed by atoms with Crippen LogP contribution in [0.1, 0.15) is 6.92 Å². The minimum Gasteiger partial charge on any atom is -0.295 e. The van der Waals surface area contributed by atoms with Gasteiger partial charge in [0.05, 0.1) is 0 Å². The van der Waals surface area contributed by atoms with Gasteiger partial charge in [-0.2, -0.15) is 0 Å². The number of allylic oxidation sites excluding steroid dienone is 1. The van der Waals surface area contributed by atoms with Crippen LogP contribution in [0.25, 0.3) is 55.9 Å². The van der Waals surface area contributed by atoms with Crippen LogP contribution < -0.4 is 20.2 Å². The van der Waals surface area contributed by atoms with Crippen molar-refractivity contribution in [1.82, 2.24) is 9.97 Å². The van der Waals surface area contributed by atoms with E-state index in [0.717, 1.165) is 60.7 Å². The number of fused-ring (bicyclic) bond motifs is 3. The van der Waals surface area contributed by atoms with Crippen molar-refractivity contribution < 1.29 is 0 Å². The number of hydrogen-bond donors (Lipinski definition) is 0. The topological polar surface area (TPSA) is 32.3 Å². The third kappa shape index (κ3) is 6.74. The van der Waals surface area contributed by atoms with Crippen LogP contribution in [0.2, 0.25) is 0 Å². The van der Waals surface area contributed by atoms with E-state index in [-0.39, 0.29) is 0 Å². The monoisotopic (exact) mass is 706 g/mol. The normalized spacial score (nSPS) is 12.0. The molecule has 0 atom stereocenters. The van der Waals surface area contributed by atoms with E-state index in [2.05, 4.69) is 199 Å². The van der Waals surface area contributed by atoms with Gasteiger partial charge in [0.2, 0.25) is 0 Å². The molecule has 0 radical (unpaired) electrons. The second-order valence-corrected chi connectivity index (χ2v) is 13.6. The fraction of sp³-hybridized carbons (Fsp3) is 0.0196. The Balaban J connectivity index is 1.32. The van der Waals surface area contributed by atoms with Crippen molar-refractivity contribution in [3.05, 3.63) is 211 Å². The maximum Gasteiger partial charge on any atom is 0.163 e. The molecule has 0 amide bonds. The van der Waals surface area contributed by atoms with Gasteiger partial charge in [0.25, 0.3) is 0 Å². The lowest BCUT2D eigenvalue weighted by Crippen LogP contribution is -2.26. The third-order valence-electron chi connectivity index (χ3n) is 10.1. The summed E-state index contributed by atoms with van der Waals surface area (Å²) >= 11 is 0. The summed E-state index contributed by atoms with van der Waals surface area (Å²) in [5.41, 5.74) is 4.63. The van der Waals surface area contributed by atoms with Gasteiger partial charge < -0.3 is 0 Å². The number of aromatic nitrogens is 2. The molecule has 9 aromatic rings. The Hall–Kier alpha value is -7.30. The van der Waals surface area contributed by atoms with Crippen molar-refractivity contribution in [2.24, 2.45) is 0 Å². The molecule has 0 saturated heterocycles. The van der Waals surface area contributed by atoms with Crippen molar-refractivity contribution in [3.63, 3.8) is 0 Å². The van der Waals surface area contributed by atoms with E-state index in [9.17, 15) is 0 Å². The summed E-state index contributed by atoms with van der Waals surface area (Å²) in [6.45, 7) is 6.77. The zero-order chi connectivity index (χ0) is 37.1. The number of nitrogens with zero attached hydrogens (tertiary/aromatic N) is 4. The van der Waals surface area contributed by atoms with Gasteiger partial charge in [0.15, 0.2) is 5.82 Å². The van der Waals surface area contributed by atoms with Gasteiger partial charge in [-0.15, -0.1) is 0 Å². The first kappa shape index (κ1) is 33.5. The van der Waals surface area contributed by atoms with Crippen LogP contribution in [0.4, 0.5) is 28.7 Å². The molecule has 0 unspecified atom stereocenters. The molecule has 0 aliphatic heterocycles. The summed E-state index contributed by atoms with van der Waals surface area (Å²) in [5.74, 6) is 2.04. The fourth-order valence-corrected chi connectivity index (χ4v) is 7.32. The van der Waals surface area contributed by atoms with Gasteiger partial charge in [0, 0.05) is 34.4 Å². The predicted molar refractivity (Wildman–Crippen MR) is 233 cm³/mol. The minimum atomic E-state index is 0.612. The van der Waals surface area contributed by atoms with Gasteiger partial charge >= 0.3 is 0 Å². The average molecular weight is 707 g/mol. The zero-order valence-corrected chi connectivity index (χ0v) is 30.5. The van der Waals surface area contributed by atoms with Crippen molar-refractivity contribution in [3.8, 4) is 11.4 Å². The molecule has 0 bridgehead atoms. The Bertz CT molecular complexity index is 2910. The highest BCUT2D eigenvalue weighted by Gasteiger charge is 2.22. The largest absolute Gasteiger partial charge is 0.295 e. The van der Waals surface area contributed by atoms with Crippen LogP contribution in [-0.2, 0) is 0 Å². The summed E-state index contributed by atoms with van der Waals surface area (Å²) in [6.07, 6.45) is 4.26. The molecule has 262 valence electrons. The van der Waals surface area contributed by atoms with E-state index in [1.165, 1.54) is 16.2 Å². The first-order chi connectivity index (χ1) is 27.1. The zero-order valence-electron chi connectivity index (χ0n) is 30.5.